The number of hydrogen-bond acceptors (Lipinski definition) is 3. The summed E-state index contributed by atoms with van der Waals surface area (Å²) in [6.07, 6.45) is 1.12. The molecule has 0 fully saturated rings. The Balaban J connectivity index is 1.52. The predicted molar refractivity (Wildman–Crippen MR) is 115 cm³/mol. The number of nitrogens with zero attached hydrogens (tertiary/aromatic N) is 2. The van der Waals surface area contributed by atoms with Gasteiger partial charge in [-0.15, -0.1) is 0 Å². The lowest BCUT2D eigenvalue weighted by Crippen LogP contribution is -2.12. The summed E-state index contributed by atoms with van der Waals surface area (Å²) >= 11 is 0. The molecule has 0 aliphatic rings. The number of benzene rings is 2. The Bertz CT molecular complexity index is 1130. The van der Waals surface area contributed by atoms with Crippen molar-refractivity contribution in [2.24, 2.45) is 0 Å². The first kappa shape index (κ1) is 18.8. The topological polar surface area (TPSA) is 71.9 Å². The van der Waals surface area contributed by atoms with Crippen molar-refractivity contribution in [3.63, 3.8) is 0 Å². The molecule has 0 spiro atoms. The van der Waals surface area contributed by atoms with Crippen molar-refractivity contribution in [1.82, 2.24) is 14.8 Å². The molecular formula is C23H24N4O2. The third-order valence-corrected chi connectivity index (χ3v) is 5.05. The van der Waals surface area contributed by atoms with E-state index < -0.39 is 0 Å². The smallest absolute Gasteiger partial charge is 0.225 e. The molecule has 1 amide bonds. The van der Waals surface area contributed by atoms with Crippen LogP contribution in [-0.4, -0.2) is 27.8 Å². The molecule has 6 nitrogen and oxygen atoms in total. The van der Waals surface area contributed by atoms with Gasteiger partial charge in [0.25, 0.3) is 0 Å². The highest BCUT2D eigenvalue weighted by molar-refractivity contribution is 5.93. The molecule has 4 rings (SSSR count). The van der Waals surface area contributed by atoms with Crippen LogP contribution in [0.3, 0.4) is 0 Å². The van der Waals surface area contributed by atoms with Gasteiger partial charge in [-0.3, -0.25) is 9.89 Å². The highest BCUT2D eigenvalue weighted by Gasteiger charge is 2.15. The number of aryl methyl sites for hydroxylation is 2. The summed E-state index contributed by atoms with van der Waals surface area (Å²) in [6, 6.07) is 20.0. The lowest BCUT2D eigenvalue weighted by Gasteiger charge is -2.06. The molecule has 148 valence electrons. The molecule has 29 heavy (non-hydrogen) atoms. The summed E-state index contributed by atoms with van der Waals surface area (Å²) in [5, 5.41) is 11.3. The average Bonchev–Trinajstić information content (AvgIpc) is 3.36. The van der Waals surface area contributed by atoms with Crippen LogP contribution in [0.4, 0.5) is 5.82 Å². The van der Waals surface area contributed by atoms with Crippen molar-refractivity contribution in [1.29, 1.82) is 0 Å². The summed E-state index contributed by atoms with van der Waals surface area (Å²) in [7, 11) is 1.68. The Morgan fingerprint density at radius 2 is 1.97 bits per heavy atom. The van der Waals surface area contributed by atoms with Gasteiger partial charge in [0.15, 0.2) is 5.82 Å². The SMILES string of the molecule is CCn1c(-c2cc(NC(=O)CCc3ccccc3)n[nH]2)cc2c(OC)cccc21. The first-order valence-corrected chi connectivity index (χ1v) is 9.75. The van der Waals surface area contributed by atoms with Crippen molar-refractivity contribution in [2.45, 2.75) is 26.3 Å². The summed E-state index contributed by atoms with van der Waals surface area (Å²) < 4.78 is 7.70. The highest BCUT2D eigenvalue weighted by Crippen LogP contribution is 2.33. The summed E-state index contributed by atoms with van der Waals surface area (Å²) in [4.78, 5) is 12.3. The zero-order chi connectivity index (χ0) is 20.2. The molecule has 2 N–H and O–H groups in total. The standard InChI is InChI=1S/C23H24N4O2/c1-3-27-19-10-7-11-21(29-2)17(19)14-20(27)18-15-22(26-25-18)24-23(28)13-12-16-8-5-4-6-9-16/h4-11,14-15H,3,12-13H2,1-2H3,(H2,24,25,26,28). The third-order valence-electron chi connectivity index (χ3n) is 5.05. The maximum Gasteiger partial charge on any atom is 0.225 e. The number of rotatable bonds is 7. The number of fused-ring (bicyclic) bond motifs is 1. The van der Waals surface area contributed by atoms with Crippen molar-refractivity contribution in [3.05, 3.63) is 66.2 Å². The number of amides is 1. The summed E-state index contributed by atoms with van der Waals surface area (Å²) in [6.45, 7) is 2.91. The van der Waals surface area contributed by atoms with Gasteiger partial charge in [-0.05, 0) is 37.1 Å². The molecular weight excluding hydrogens is 364 g/mol. The molecule has 2 aromatic heterocycles. The summed E-state index contributed by atoms with van der Waals surface area (Å²) in [5.74, 6) is 1.31. The second-order valence-corrected chi connectivity index (χ2v) is 6.87. The Hall–Kier alpha value is -3.54. The van der Waals surface area contributed by atoms with Crippen molar-refractivity contribution in [3.8, 4) is 17.1 Å². The Kier molecular flexibility index (Phi) is 5.33. The van der Waals surface area contributed by atoms with Gasteiger partial charge >= 0.3 is 0 Å². The molecule has 2 heterocycles. The Morgan fingerprint density at radius 3 is 2.72 bits per heavy atom. The maximum absolute atomic E-state index is 12.3. The minimum atomic E-state index is -0.0513. The zero-order valence-electron chi connectivity index (χ0n) is 16.6. The zero-order valence-corrected chi connectivity index (χ0v) is 16.6. The second kappa shape index (κ2) is 8.22. The predicted octanol–water partition coefficient (Wildman–Crippen LogP) is 4.63. The van der Waals surface area contributed by atoms with Crippen LogP contribution >= 0.6 is 0 Å². The molecule has 0 aliphatic carbocycles. The van der Waals surface area contributed by atoms with Crippen LogP contribution < -0.4 is 10.1 Å². The number of carbonyl (C=O) groups excluding carboxylic acids is 1. The van der Waals surface area contributed by atoms with E-state index in [2.05, 4.69) is 39.1 Å². The van der Waals surface area contributed by atoms with Gasteiger partial charge in [-0.2, -0.15) is 5.10 Å². The van der Waals surface area contributed by atoms with Gasteiger partial charge < -0.3 is 14.6 Å². The number of methoxy groups -OCH3 is 1. The van der Waals surface area contributed by atoms with Crippen molar-refractivity contribution in [2.75, 3.05) is 12.4 Å². The minimum absolute atomic E-state index is 0.0513. The monoisotopic (exact) mass is 388 g/mol. The first-order chi connectivity index (χ1) is 14.2. The minimum Gasteiger partial charge on any atom is -0.496 e. The second-order valence-electron chi connectivity index (χ2n) is 6.87. The van der Waals surface area contributed by atoms with Crippen LogP contribution in [-0.2, 0) is 17.8 Å². The normalized spacial score (nSPS) is 11.0. The van der Waals surface area contributed by atoms with Gasteiger partial charge in [0.1, 0.15) is 5.75 Å². The fraction of sp³-hybridized carbons (Fsp3) is 0.217. The molecule has 4 aromatic rings. The highest BCUT2D eigenvalue weighted by atomic mass is 16.5. The van der Waals surface area contributed by atoms with Gasteiger partial charge in [0, 0.05) is 24.4 Å². The third kappa shape index (κ3) is 3.87. The fourth-order valence-corrected chi connectivity index (χ4v) is 3.62. The van der Waals surface area contributed by atoms with Gasteiger partial charge in [0.05, 0.1) is 24.0 Å². The maximum atomic E-state index is 12.3. The van der Waals surface area contributed by atoms with E-state index in [1.807, 2.05) is 48.5 Å². The van der Waals surface area contributed by atoms with Crippen LogP contribution in [0.15, 0.2) is 60.7 Å². The molecule has 0 unspecified atom stereocenters. The number of anilines is 1. The van der Waals surface area contributed by atoms with Gasteiger partial charge in [-0.25, -0.2) is 0 Å². The van der Waals surface area contributed by atoms with Crippen molar-refractivity contribution < 1.29 is 9.53 Å². The van der Waals surface area contributed by atoms with Crippen LogP contribution in [0, 0.1) is 0 Å². The lowest BCUT2D eigenvalue weighted by atomic mass is 10.1. The number of hydrogen-bond donors (Lipinski definition) is 2. The van der Waals surface area contributed by atoms with E-state index in [-0.39, 0.29) is 5.91 Å². The lowest BCUT2D eigenvalue weighted by molar-refractivity contribution is -0.116. The van der Waals surface area contributed by atoms with E-state index in [0.29, 0.717) is 18.7 Å². The van der Waals surface area contributed by atoms with Gasteiger partial charge in [-0.1, -0.05) is 36.4 Å². The van der Waals surface area contributed by atoms with Crippen LogP contribution in [0.25, 0.3) is 22.3 Å². The molecule has 6 heteroatoms. The molecule has 0 atom stereocenters. The van der Waals surface area contributed by atoms with Crippen LogP contribution in [0.2, 0.25) is 0 Å². The van der Waals surface area contributed by atoms with E-state index in [1.54, 1.807) is 7.11 Å². The molecule has 0 radical (unpaired) electrons. The van der Waals surface area contributed by atoms with Crippen LogP contribution in [0.1, 0.15) is 18.9 Å². The average molecular weight is 388 g/mol. The Labute approximate surface area is 169 Å². The van der Waals surface area contributed by atoms with E-state index in [4.69, 9.17) is 4.74 Å². The number of aromatic nitrogens is 3. The number of H-pyrrole nitrogens is 1. The van der Waals surface area contributed by atoms with Gasteiger partial charge in [0.2, 0.25) is 5.91 Å². The number of nitrogens with one attached hydrogen (secondary N) is 2. The number of aromatic amines is 1. The first-order valence-electron chi connectivity index (χ1n) is 9.75. The molecule has 0 saturated carbocycles. The quantitative estimate of drug-likeness (QED) is 0.485. The number of ether oxygens (including phenoxy) is 1. The van der Waals surface area contributed by atoms with E-state index >= 15 is 0 Å². The number of carbonyl (C=O) groups is 1. The van der Waals surface area contributed by atoms with E-state index in [0.717, 1.165) is 40.1 Å². The fourth-order valence-electron chi connectivity index (χ4n) is 3.62. The van der Waals surface area contributed by atoms with Crippen LogP contribution in [0.5, 0.6) is 5.75 Å². The molecule has 0 bridgehead atoms. The molecule has 2 aromatic carbocycles. The van der Waals surface area contributed by atoms with E-state index in [1.165, 1.54) is 0 Å². The summed E-state index contributed by atoms with van der Waals surface area (Å²) in [5.41, 5.74) is 4.10. The van der Waals surface area contributed by atoms with E-state index in [9.17, 15) is 4.79 Å². The largest absolute Gasteiger partial charge is 0.496 e. The molecule has 0 saturated heterocycles. The Morgan fingerprint density at radius 1 is 1.14 bits per heavy atom. The molecule has 0 aliphatic heterocycles. The van der Waals surface area contributed by atoms with Crippen molar-refractivity contribution >= 4 is 22.6 Å².